The molecule has 0 atom stereocenters. The summed E-state index contributed by atoms with van der Waals surface area (Å²) in [5.74, 6) is 0.623. The number of aryl methyl sites for hydroxylation is 2. The summed E-state index contributed by atoms with van der Waals surface area (Å²) in [6.45, 7) is 1.77. The number of halogens is 2. The van der Waals surface area contributed by atoms with Gasteiger partial charge in [0.25, 0.3) is 0 Å². The standard InChI is InChI=1S/C13H16ClF/c1-9-7-11(8-12(14)13(9)15)6-5-10-3-2-4-10/h7-8,10H,2-6H2,1H3. The van der Waals surface area contributed by atoms with E-state index in [-0.39, 0.29) is 10.8 Å². The van der Waals surface area contributed by atoms with Gasteiger partial charge >= 0.3 is 0 Å². The Morgan fingerprint density at radius 2 is 2.13 bits per heavy atom. The SMILES string of the molecule is Cc1cc(CCC2CCC2)cc(Cl)c1F. The Balaban J connectivity index is 2.01. The van der Waals surface area contributed by atoms with Crippen molar-refractivity contribution < 1.29 is 4.39 Å². The Morgan fingerprint density at radius 3 is 2.67 bits per heavy atom. The fraction of sp³-hybridized carbons (Fsp3) is 0.538. The summed E-state index contributed by atoms with van der Waals surface area (Å²) in [7, 11) is 0. The molecule has 1 fully saturated rings. The zero-order valence-corrected chi connectivity index (χ0v) is 9.78. The summed E-state index contributed by atoms with van der Waals surface area (Å²) in [6, 6.07) is 3.68. The summed E-state index contributed by atoms with van der Waals surface area (Å²) < 4.78 is 13.3. The first kappa shape index (κ1) is 10.9. The lowest BCUT2D eigenvalue weighted by Crippen LogP contribution is -2.11. The minimum absolute atomic E-state index is 0.263. The summed E-state index contributed by atoms with van der Waals surface area (Å²) in [5, 5.41) is 0.263. The highest BCUT2D eigenvalue weighted by Crippen LogP contribution is 2.31. The number of rotatable bonds is 3. The molecule has 0 amide bonds. The quantitative estimate of drug-likeness (QED) is 0.711. The minimum atomic E-state index is -0.274. The highest BCUT2D eigenvalue weighted by molar-refractivity contribution is 6.30. The second-order valence-corrected chi connectivity index (χ2v) is 4.95. The molecule has 0 unspecified atom stereocenters. The average molecular weight is 227 g/mol. The Kier molecular flexibility index (Phi) is 3.30. The minimum Gasteiger partial charge on any atom is -0.205 e. The molecule has 0 radical (unpaired) electrons. The number of hydrogen-bond acceptors (Lipinski definition) is 0. The molecule has 0 aliphatic heterocycles. The molecule has 15 heavy (non-hydrogen) atoms. The predicted octanol–water partition coefficient (Wildman–Crippen LogP) is 4.52. The third-order valence-electron chi connectivity index (χ3n) is 3.34. The van der Waals surface area contributed by atoms with Crippen LogP contribution in [0.25, 0.3) is 0 Å². The van der Waals surface area contributed by atoms with Crippen molar-refractivity contribution >= 4 is 11.6 Å². The molecule has 0 aromatic heterocycles. The van der Waals surface area contributed by atoms with Gasteiger partial charge in [-0.2, -0.15) is 0 Å². The lowest BCUT2D eigenvalue weighted by Gasteiger charge is -2.25. The van der Waals surface area contributed by atoms with E-state index in [1.165, 1.54) is 31.2 Å². The van der Waals surface area contributed by atoms with Crippen LogP contribution in [0.4, 0.5) is 4.39 Å². The van der Waals surface area contributed by atoms with Gasteiger partial charge in [0.1, 0.15) is 5.82 Å². The molecule has 0 spiro atoms. The zero-order valence-electron chi connectivity index (χ0n) is 9.02. The van der Waals surface area contributed by atoms with Gasteiger partial charge < -0.3 is 0 Å². The molecule has 1 aliphatic rings. The first-order valence-corrected chi connectivity index (χ1v) is 5.99. The highest BCUT2D eigenvalue weighted by Gasteiger charge is 2.17. The van der Waals surface area contributed by atoms with E-state index in [1.54, 1.807) is 13.0 Å². The largest absolute Gasteiger partial charge is 0.205 e. The summed E-state index contributed by atoms with van der Waals surface area (Å²) >= 11 is 5.81. The lowest BCUT2D eigenvalue weighted by molar-refractivity contribution is 0.296. The van der Waals surface area contributed by atoms with E-state index in [0.717, 1.165) is 12.3 Å². The molecule has 0 heterocycles. The van der Waals surface area contributed by atoms with Crippen LogP contribution in [0.5, 0.6) is 0 Å². The maximum Gasteiger partial charge on any atom is 0.144 e. The third kappa shape index (κ3) is 2.52. The normalized spacial score (nSPS) is 16.5. The van der Waals surface area contributed by atoms with Crippen molar-refractivity contribution in [1.82, 2.24) is 0 Å². The van der Waals surface area contributed by atoms with E-state index in [1.807, 2.05) is 6.07 Å². The Labute approximate surface area is 95.4 Å². The van der Waals surface area contributed by atoms with E-state index >= 15 is 0 Å². The van der Waals surface area contributed by atoms with Crippen molar-refractivity contribution in [2.24, 2.45) is 5.92 Å². The molecular formula is C13H16ClF. The molecule has 1 aliphatic carbocycles. The molecule has 1 aromatic rings. The van der Waals surface area contributed by atoms with Gasteiger partial charge in [-0.3, -0.25) is 0 Å². The van der Waals surface area contributed by atoms with Crippen molar-refractivity contribution in [1.29, 1.82) is 0 Å². The molecule has 0 bridgehead atoms. The topological polar surface area (TPSA) is 0 Å². The maximum atomic E-state index is 13.3. The summed E-state index contributed by atoms with van der Waals surface area (Å²) in [5.41, 5.74) is 1.83. The van der Waals surface area contributed by atoms with E-state index in [4.69, 9.17) is 11.6 Å². The van der Waals surface area contributed by atoms with Gasteiger partial charge in [0.2, 0.25) is 0 Å². The maximum absolute atomic E-state index is 13.3. The van der Waals surface area contributed by atoms with Gasteiger partial charge in [0, 0.05) is 0 Å². The van der Waals surface area contributed by atoms with Crippen LogP contribution < -0.4 is 0 Å². The Hall–Kier alpha value is -0.560. The second kappa shape index (κ2) is 4.52. The molecular weight excluding hydrogens is 211 g/mol. The molecule has 1 saturated carbocycles. The van der Waals surface area contributed by atoms with Crippen LogP contribution in [0.15, 0.2) is 12.1 Å². The molecule has 0 saturated heterocycles. The number of benzene rings is 1. The van der Waals surface area contributed by atoms with Crippen LogP contribution in [0.1, 0.15) is 36.8 Å². The molecule has 2 heteroatoms. The molecule has 0 N–H and O–H groups in total. The van der Waals surface area contributed by atoms with E-state index < -0.39 is 0 Å². The van der Waals surface area contributed by atoms with Crippen LogP contribution in [-0.2, 0) is 6.42 Å². The average Bonchev–Trinajstić information content (AvgIpc) is 2.11. The van der Waals surface area contributed by atoms with Crippen LogP contribution >= 0.6 is 11.6 Å². The van der Waals surface area contributed by atoms with E-state index in [2.05, 4.69) is 0 Å². The fourth-order valence-electron chi connectivity index (χ4n) is 2.09. The van der Waals surface area contributed by atoms with Crippen molar-refractivity contribution in [3.63, 3.8) is 0 Å². The molecule has 1 aromatic carbocycles. The van der Waals surface area contributed by atoms with Crippen LogP contribution in [0.3, 0.4) is 0 Å². The smallest absolute Gasteiger partial charge is 0.144 e. The van der Waals surface area contributed by atoms with Crippen molar-refractivity contribution in [3.05, 3.63) is 34.1 Å². The van der Waals surface area contributed by atoms with Crippen LogP contribution in [0, 0.1) is 18.7 Å². The zero-order chi connectivity index (χ0) is 10.8. The monoisotopic (exact) mass is 226 g/mol. The van der Waals surface area contributed by atoms with E-state index in [0.29, 0.717) is 5.56 Å². The summed E-state index contributed by atoms with van der Waals surface area (Å²) in [4.78, 5) is 0. The van der Waals surface area contributed by atoms with Crippen molar-refractivity contribution in [2.75, 3.05) is 0 Å². The third-order valence-corrected chi connectivity index (χ3v) is 3.61. The summed E-state index contributed by atoms with van der Waals surface area (Å²) in [6.07, 6.45) is 6.38. The van der Waals surface area contributed by atoms with Gasteiger partial charge in [-0.15, -0.1) is 0 Å². The van der Waals surface area contributed by atoms with Gasteiger partial charge in [-0.25, -0.2) is 4.39 Å². The van der Waals surface area contributed by atoms with Gasteiger partial charge in [-0.1, -0.05) is 36.9 Å². The fourth-order valence-corrected chi connectivity index (χ4v) is 2.38. The van der Waals surface area contributed by atoms with Gasteiger partial charge in [-0.05, 0) is 42.9 Å². The molecule has 82 valence electrons. The lowest BCUT2D eigenvalue weighted by atomic mass is 9.81. The van der Waals surface area contributed by atoms with Crippen molar-refractivity contribution in [2.45, 2.75) is 39.0 Å². The van der Waals surface area contributed by atoms with Gasteiger partial charge in [0.05, 0.1) is 5.02 Å². The van der Waals surface area contributed by atoms with Gasteiger partial charge in [0.15, 0.2) is 0 Å². The molecule has 0 nitrogen and oxygen atoms in total. The Bertz CT molecular complexity index is 333. The van der Waals surface area contributed by atoms with Crippen LogP contribution in [-0.4, -0.2) is 0 Å². The first-order chi connectivity index (χ1) is 7.16. The second-order valence-electron chi connectivity index (χ2n) is 4.54. The highest BCUT2D eigenvalue weighted by atomic mass is 35.5. The predicted molar refractivity (Wildman–Crippen MR) is 61.8 cm³/mol. The molecule has 2 rings (SSSR count). The van der Waals surface area contributed by atoms with Crippen LogP contribution in [0.2, 0.25) is 5.02 Å². The first-order valence-electron chi connectivity index (χ1n) is 5.61. The Morgan fingerprint density at radius 1 is 1.40 bits per heavy atom. The van der Waals surface area contributed by atoms with E-state index in [9.17, 15) is 4.39 Å². The number of hydrogen-bond donors (Lipinski definition) is 0. The van der Waals surface area contributed by atoms with Crippen molar-refractivity contribution in [3.8, 4) is 0 Å².